The van der Waals surface area contributed by atoms with E-state index in [4.69, 9.17) is 18.6 Å². The van der Waals surface area contributed by atoms with Crippen molar-refractivity contribution in [2.24, 2.45) is 0 Å². The zero-order valence-electron chi connectivity index (χ0n) is 17.7. The molecule has 0 fully saturated rings. The molecule has 0 radical (unpaired) electrons. The van der Waals surface area contributed by atoms with Crippen molar-refractivity contribution in [3.63, 3.8) is 0 Å². The Morgan fingerprint density at radius 1 is 1.07 bits per heavy atom. The summed E-state index contributed by atoms with van der Waals surface area (Å²) in [5, 5.41) is 0. The molecule has 0 atom stereocenters. The fourth-order valence-electron chi connectivity index (χ4n) is 4.43. The van der Waals surface area contributed by atoms with E-state index in [0.717, 1.165) is 17.5 Å². The maximum Gasteiger partial charge on any atom is 0.332 e. The smallest absolute Gasteiger partial charge is 0.332 e. The van der Waals surface area contributed by atoms with Crippen molar-refractivity contribution in [3.05, 3.63) is 50.2 Å². The summed E-state index contributed by atoms with van der Waals surface area (Å²) in [6.45, 7) is 8.41. The summed E-state index contributed by atoms with van der Waals surface area (Å²) < 4.78 is 25.8. The Balaban J connectivity index is 1.74. The molecule has 2 aromatic heterocycles. The Bertz CT molecular complexity index is 1310. The van der Waals surface area contributed by atoms with E-state index < -0.39 is 16.9 Å². The van der Waals surface area contributed by atoms with Crippen LogP contribution in [0.3, 0.4) is 0 Å². The maximum absolute atomic E-state index is 13.1. The third-order valence-electron chi connectivity index (χ3n) is 5.98. The summed E-state index contributed by atoms with van der Waals surface area (Å²) in [6.07, 6.45) is 0.797. The molecule has 0 N–H and O–H groups in total. The largest absolute Gasteiger partial charge is 0.466 e. The minimum Gasteiger partial charge on any atom is -0.466 e. The second-order valence-corrected chi connectivity index (χ2v) is 8.93. The lowest BCUT2D eigenvalue weighted by Gasteiger charge is -2.33. The number of methoxy groups -OCH3 is 1. The molecule has 0 bridgehead atoms. The van der Waals surface area contributed by atoms with Gasteiger partial charge in [0.1, 0.15) is 0 Å². The monoisotopic (exact) mass is 412 g/mol. The number of ether oxygens (including phenoxy) is 3. The molecule has 0 aliphatic carbocycles. The minimum absolute atomic E-state index is 0.0282. The van der Waals surface area contributed by atoms with Gasteiger partial charge in [-0.05, 0) is 23.5 Å². The predicted molar refractivity (Wildman–Crippen MR) is 110 cm³/mol. The Kier molecular flexibility index (Phi) is 3.73. The first-order valence-corrected chi connectivity index (χ1v) is 9.97. The van der Waals surface area contributed by atoms with Gasteiger partial charge >= 0.3 is 17.1 Å². The van der Waals surface area contributed by atoms with E-state index in [2.05, 4.69) is 13.8 Å². The van der Waals surface area contributed by atoms with Gasteiger partial charge in [-0.1, -0.05) is 26.0 Å². The van der Waals surface area contributed by atoms with Crippen LogP contribution in [0.1, 0.15) is 45.4 Å². The normalized spacial score (nSPS) is 18.0. The molecule has 5 rings (SSSR count). The fourth-order valence-corrected chi connectivity index (χ4v) is 4.43. The Labute approximate surface area is 172 Å². The fraction of sp³-hybridized carbons (Fsp3) is 0.455. The highest BCUT2D eigenvalue weighted by Gasteiger charge is 2.40. The van der Waals surface area contributed by atoms with E-state index in [1.54, 1.807) is 18.4 Å². The highest BCUT2D eigenvalue weighted by atomic mass is 16.8. The van der Waals surface area contributed by atoms with Crippen LogP contribution >= 0.6 is 0 Å². The van der Waals surface area contributed by atoms with E-state index >= 15 is 0 Å². The number of hydrogen-bond donors (Lipinski definition) is 0. The van der Waals surface area contributed by atoms with Gasteiger partial charge in [0, 0.05) is 20.4 Å². The molecule has 3 aromatic rings. The molecule has 1 aromatic carbocycles. The van der Waals surface area contributed by atoms with Crippen LogP contribution in [0, 0.1) is 0 Å². The number of hydrogen-bond acceptors (Lipinski definition) is 6. The lowest BCUT2D eigenvalue weighted by atomic mass is 9.78. The van der Waals surface area contributed by atoms with Crippen LogP contribution < -0.4 is 25.3 Å². The second-order valence-electron chi connectivity index (χ2n) is 8.93. The average Bonchev–Trinajstić information content (AvgIpc) is 3.17. The molecule has 2 aliphatic rings. The number of benzene rings is 1. The number of aromatic nitrogens is 2. The van der Waals surface area contributed by atoms with Gasteiger partial charge in [-0.25, -0.2) is 0 Å². The maximum atomic E-state index is 13.1. The van der Waals surface area contributed by atoms with Gasteiger partial charge in [0.15, 0.2) is 5.76 Å². The van der Waals surface area contributed by atoms with Crippen molar-refractivity contribution in [3.8, 4) is 17.4 Å². The molecular weight excluding hydrogens is 388 g/mol. The van der Waals surface area contributed by atoms with E-state index in [1.165, 1.54) is 11.7 Å². The number of para-hydroxylation sites is 1. The molecule has 0 saturated carbocycles. The summed E-state index contributed by atoms with van der Waals surface area (Å²) in [5.74, 6) is 0.433. The Morgan fingerprint density at radius 3 is 2.53 bits per heavy atom. The zero-order chi connectivity index (χ0) is 21.4. The van der Waals surface area contributed by atoms with Crippen LogP contribution in [0.5, 0.6) is 17.4 Å². The molecule has 8 nitrogen and oxygen atoms in total. The molecule has 158 valence electrons. The molecule has 0 spiro atoms. The predicted octanol–water partition coefficient (Wildman–Crippen LogP) is 3.00. The number of fused-ring (bicyclic) bond motifs is 1. The van der Waals surface area contributed by atoms with Crippen molar-refractivity contribution in [1.29, 1.82) is 0 Å². The molecule has 2 aliphatic heterocycles. The van der Waals surface area contributed by atoms with E-state index in [-0.39, 0.29) is 17.9 Å². The number of rotatable bonds is 3. The Morgan fingerprint density at radius 2 is 1.80 bits per heavy atom. The van der Waals surface area contributed by atoms with Crippen LogP contribution in [-0.2, 0) is 18.5 Å². The molecule has 0 amide bonds. The molecule has 0 saturated heterocycles. The van der Waals surface area contributed by atoms with Crippen LogP contribution in [0.4, 0.5) is 0 Å². The molecule has 30 heavy (non-hydrogen) atoms. The number of aryl methyl sites for hydroxylation is 1. The number of furan rings is 1. The summed E-state index contributed by atoms with van der Waals surface area (Å²) in [6, 6.07) is 5.81. The first kappa shape index (κ1) is 18.8. The highest BCUT2D eigenvalue weighted by Crippen LogP contribution is 2.51. The third kappa shape index (κ3) is 2.52. The molecule has 0 unspecified atom stereocenters. The number of nitrogens with zero attached hydrogens (tertiary/aromatic N) is 2. The lowest BCUT2D eigenvalue weighted by Crippen LogP contribution is -2.44. The standard InChI is InChI=1S/C22H24N2O6/c1-21(2)9-10-23-15-12(21)7-6-8-13(15)24(19(26)18(23)25)11-14-16-17(20(27-5)28-14)30-22(3,4)29-16/h6-8H,9-11H2,1-5H3. The molecule has 4 heterocycles. The van der Waals surface area contributed by atoms with Gasteiger partial charge in [0.05, 0.1) is 24.7 Å². The van der Waals surface area contributed by atoms with E-state index in [9.17, 15) is 9.59 Å². The van der Waals surface area contributed by atoms with Crippen molar-refractivity contribution < 1.29 is 18.6 Å². The third-order valence-corrected chi connectivity index (χ3v) is 5.98. The van der Waals surface area contributed by atoms with Crippen molar-refractivity contribution >= 4 is 11.0 Å². The lowest BCUT2D eigenvalue weighted by molar-refractivity contribution is -0.0487. The van der Waals surface area contributed by atoms with Crippen LogP contribution in [0.2, 0.25) is 0 Å². The summed E-state index contributed by atoms with van der Waals surface area (Å²) in [5.41, 5.74) is 1.32. The van der Waals surface area contributed by atoms with Gasteiger partial charge in [-0.2, -0.15) is 0 Å². The SMILES string of the molecule is COc1oc(Cn2c(=O)c(=O)n3c4c(cccc42)C(C)(C)CC3)c2c1OC(C)(C)O2. The Hall–Kier alpha value is -3.16. The van der Waals surface area contributed by atoms with Crippen molar-refractivity contribution in [2.45, 2.75) is 58.4 Å². The zero-order valence-corrected chi connectivity index (χ0v) is 17.7. The van der Waals surface area contributed by atoms with E-state index in [0.29, 0.717) is 29.3 Å². The summed E-state index contributed by atoms with van der Waals surface area (Å²) >= 11 is 0. The van der Waals surface area contributed by atoms with Gasteiger partial charge in [-0.3, -0.25) is 14.2 Å². The van der Waals surface area contributed by atoms with Gasteiger partial charge in [0.25, 0.3) is 5.75 Å². The van der Waals surface area contributed by atoms with Gasteiger partial charge in [0.2, 0.25) is 11.5 Å². The molecule has 8 heteroatoms. The second kappa shape index (κ2) is 5.93. The molecular formula is C22H24N2O6. The first-order valence-electron chi connectivity index (χ1n) is 9.97. The summed E-state index contributed by atoms with van der Waals surface area (Å²) in [7, 11) is 1.47. The average molecular weight is 412 g/mol. The topological polar surface area (TPSA) is 84.8 Å². The minimum atomic E-state index is -0.877. The van der Waals surface area contributed by atoms with E-state index in [1.807, 2.05) is 18.2 Å². The van der Waals surface area contributed by atoms with Crippen LogP contribution in [0.15, 0.2) is 32.2 Å². The van der Waals surface area contributed by atoms with Gasteiger partial charge in [-0.15, -0.1) is 0 Å². The van der Waals surface area contributed by atoms with Crippen molar-refractivity contribution in [2.75, 3.05) is 7.11 Å². The highest BCUT2D eigenvalue weighted by molar-refractivity contribution is 5.81. The van der Waals surface area contributed by atoms with Crippen LogP contribution in [0.25, 0.3) is 11.0 Å². The summed E-state index contributed by atoms with van der Waals surface area (Å²) in [4.78, 5) is 26.0. The first-order chi connectivity index (χ1) is 14.1. The quantitative estimate of drug-likeness (QED) is 0.615. The van der Waals surface area contributed by atoms with Crippen molar-refractivity contribution in [1.82, 2.24) is 9.13 Å². The van der Waals surface area contributed by atoms with Gasteiger partial charge < -0.3 is 23.2 Å². The van der Waals surface area contributed by atoms with Crippen LogP contribution in [-0.4, -0.2) is 22.0 Å².